The van der Waals surface area contributed by atoms with Gasteiger partial charge >= 0.3 is 0 Å². The molecule has 0 atom stereocenters. The van der Waals surface area contributed by atoms with Gasteiger partial charge in [0.05, 0.1) is 5.69 Å². The van der Waals surface area contributed by atoms with Gasteiger partial charge in [-0.15, -0.1) is 0 Å². The Morgan fingerprint density at radius 1 is 1.10 bits per heavy atom. The van der Waals surface area contributed by atoms with Crippen LogP contribution in [0.1, 0.15) is 32.0 Å². The molecule has 0 aliphatic rings. The fourth-order valence-corrected chi connectivity index (χ4v) is 1.91. The fraction of sp³-hybridized carbons (Fsp3) is 0.353. The molecule has 0 unspecified atom stereocenters. The van der Waals surface area contributed by atoms with Crippen molar-refractivity contribution in [2.75, 3.05) is 12.4 Å². The van der Waals surface area contributed by atoms with Gasteiger partial charge in [-0.05, 0) is 35.2 Å². The van der Waals surface area contributed by atoms with Crippen molar-refractivity contribution >= 4 is 5.82 Å². The number of benzene rings is 1. The summed E-state index contributed by atoms with van der Waals surface area (Å²) in [5.41, 5.74) is 2.31. The Morgan fingerprint density at radius 3 is 2.55 bits per heavy atom. The quantitative estimate of drug-likeness (QED) is 0.911. The molecule has 0 saturated carbocycles. The second kappa shape index (κ2) is 5.95. The minimum atomic E-state index is 0.129. The van der Waals surface area contributed by atoms with Crippen molar-refractivity contribution in [3.8, 4) is 5.75 Å². The van der Waals surface area contributed by atoms with Crippen molar-refractivity contribution < 1.29 is 4.74 Å². The summed E-state index contributed by atoms with van der Waals surface area (Å²) in [5.74, 6) is 1.74. The summed E-state index contributed by atoms with van der Waals surface area (Å²) in [4.78, 5) is 4.44. The van der Waals surface area contributed by atoms with Gasteiger partial charge in [-0.2, -0.15) is 0 Å². The number of pyridine rings is 1. The van der Waals surface area contributed by atoms with E-state index in [4.69, 9.17) is 4.74 Å². The standard InChI is InChI=1S/C17H22N2O/c1-17(2,3)13-7-5-9-15(11-13)20-12-14-8-6-10-16(18-4)19-14/h5-11H,12H2,1-4H3,(H,18,19). The fourth-order valence-electron chi connectivity index (χ4n) is 1.91. The van der Waals surface area contributed by atoms with E-state index in [1.807, 2.05) is 37.4 Å². The lowest BCUT2D eigenvalue weighted by Gasteiger charge is -2.19. The highest BCUT2D eigenvalue weighted by molar-refractivity contribution is 5.35. The third-order valence-corrected chi connectivity index (χ3v) is 3.15. The van der Waals surface area contributed by atoms with Gasteiger partial charge in [0.15, 0.2) is 0 Å². The number of hydrogen-bond donors (Lipinski definition) is 1. The van der Waals surface area contributed by atoms with Crippen molar-refractivity contribution in [3.05, 3.63) is 53.7 Å². The predicted octanol–water partition coefficient (Wildman–Crippen LogP) is 4.00. The van der Waals surface area contributed by atoms with Crippen molar-refractivity contribution in [1.29, 1.82) is 0 Å². The van der Waals surface area contributed by atoms with Gasteiger partial charge < -0.3 is 10.1 Å². The van der Waals surface area contributed by atoms with Crippen LogP contribution >= 0.6 is 0 Å². The summed E-state index contributed by atoms with van der Waals surface area (Å²) in [6.07, 6.45) is 0. The van der Waals surface area contributed by atoms with E-state index in [1.54, 1.807) is 0 Å². The highest BCUT2D eigenvalue weighted by Gasteiger charge is 2.13. The minimum absolute atomic E-state index is 0.129. The van der Waals surface area contributed by atoms with Gasteiger partial charge in [-0.25, -0.2) is 4.98 Å². The second-order valence-corrected chi connectivity index (χ2v) is 5.83. The molecule has 3 heteroatoms. The van der Waals surface area contributed by atoms with Crippen LogP contribution in [0.4, 0.5) is 5.82 Å². The molecule has 0 saturated heterocycles. The summed E-state index contributed by atoms with van der Waals surface area (Å²) < 4.78 is 5.84. The van der Waals surface area contributed by atoms with Crippen LogP contribution < -0.4 is 10.1 Å². The zero-order valence-corrected chi connectivity index (χ0v) is 12.6. The molecular weight excluding hydrogens is 248 g/mol. The lowest BCUT2D eigenvalue weighted by atomic mass is 9.87. The zero-order chi connectivity index (χ0) is 14.6. The highest BCUT2D eigenvalue weighted by atomic mass is 16.5. The van der Waals surface area contributed by atoms with E-state index < -0.39 is 0 Å². The van der Waals surface area contributed by atoms with Gasteiger partial charge in [0, 0.05) is 7.05 Å². The molecule has 0 spiro atoms. The number of anilines is 1. The Morgan fingerprint density at radius 2 is 1.85 bits per heavy atom. The first-order valence-electron chi connectivity index (χ1n) is 6.86. The molecule has 1 heterocycles. The lowest BCUT2D eigenvalue weighted by molar-refractivity contribution is 0.300. The van der Waals surface area contributed by atoms with Gasteiger partial charge in [0.2, 0.25) is 0 Å². The number of hydrogen-bond acceptors (Lipinski definition) is 3. The summed E-state index contributed by atoms with van der Waals surface area (Å²) >= 11 is 0. The molecule has 1 N–H and O–H groups in total. The van der Waals surface area contributed by atoms with Gasteiger partial charge in [0.25, 0.3) is 0 Å². The molecule has 0 radical (unpaired) electrons. The Balaban J connectivity index is 2.07. The summed E-state index contributed by atoms with van der Waals surface area (Å²) in [6, 6.07) is 14.1. The van der Waals surface area contributed by atoms with Crippen molar-refractivity contribution in [2.24, 2.45) is 0 Å². The Kier molecular flexibility index (Phi) is 4.28. The molecular formula is C17H22N2O. The molecule has 2 aromatic rings. The number of rotatable bonds is 4. The molecule has 3 nitrogen and oxygen atoms in total. The largest absolute Gasteiger partial charge is 0.487 e. The highest BCUT2D eigenvalue weighted by Crippen LogP contribution is 2.25. The third kappa shape index (κ3) is 3.73. The monoisotopic (exact) mass is 270 g/mol. The molecule has 2 rings (SSSR count). The van der Waals surface area contributed by atoms with E-state index >= 15 is 0 Å². The number of ether oxygens (including phenoxy) is 1. The van der Waals surface area contributed by atoms with Crippen LogP contribution in [0.3, 0.4) is 0 Å². The maximum absolute atomic E-state index is 5.84. The first-order chi connectivity index (χ1) is 9.49. The minimum Gasteiger partial charge on any atom is -0.487 e. The van der Waals surface area contributed by atoms with Crippen LogP contribution in [0.5, 0.6) is 5.75 Å². The van der Waals surface area contributed by atoms with Gasteiger partial charge in [-0.1, -0.05) is 39.0 Å². The van der Waals surface area contributed by atoms with E-state index in [0.717, 1.165) is 17.3 Å². The van der Waals surface area contributed by atoms with Gasteiger partial charge in [0.1, 0.15) is 18.2 Å². The van der Waals surface area contributed by atoms with Crippen LogP contribution in [-0.2, 0) is 12.0 Å². The molecule has 0 bridgehead atoms. The molecule has 1 aromatic heterocycles. The van der Waals surface area contributed by atoms with E-state index in [9.17, 15) is 0 Å². The molecule has 0 fully saturated rings. The number of nitrogens with one attached hydrogen (secondary N) is 1. The third-order valence-electron chi connectivity index (χ3n) is 3.15. The summed E-state index contributed by atoms with van der Waals surface area (Å²) in [7, 11) is 1.86. The van der Waals surface area contributed by atoms with Crippen LogP contribution in [0.2, 0.25) is 0 Å². The van der Waals surface area contributed by atoms with E-state index in [0.29, 0.717) is 6.61 Å². The molecule has 106 valence electrons. The summed E-state index contributed by atoms with van der Waals surface area (Å²) in [6.45, 7) is 7.07. The number of aromatic nitrogens is 1. The van der Waals surface area contributed by atoms with E-state index in [1.165, 1.54) is 5.56 Å². The van der Waals surface area contributed by atoms with Crippen LogP contribution in [0.25, 0.3) is 0 Å². The molecule has 20 heavy (non-hydrogen) atoms. The first-order valence-corrected chi connectivity index (χ1v) is 6.86. The van der Waals surface area contributed by atoms with Crippen molar-refractivity contribution in [1.82, 2.24) is 4.98 Å². The average Bonchev–Trinajstić information content (AvgIpc) is 2.45. The smallest absolute Gasteiger partial charge is 0.130 e. The molecule has 0 aliphatic carbocycles. The second-order valence-electron chi connectivity index (χ2n) is 5.83. The van der Waals surface area contributed by atoms with E-state index in [-0.39, 0.29) is 5.41 Å². The van der Waals surface area contributed by atoms with E-state index in [2.05, 4.69) is 43.2 Å². The Hall–Kier alpha value is -2.03. The SMILES string of the molecule is CNc1cccc(COc2cccc(C(C)(C)C)c2)n1. The molecule has 1 aromatic carbocycles. The molecule has 0 amide bonds. The average molecular weight is 270 g/mol. The molecule has 0 aliphatic heterocycles. The predicted molar refractivity (Wildman–Crippen MR) is 83.3 cm³/mol. The lowest BCUT2D eigenvalue weighted by Crippen LogP contribution is -2.11. The van der Waals surface area contributed by atoms with Crippen LogP contribution in [0, 0.1) is 0 Å². The van der Waals surface area contributed by atoms with Crippen LogP contribution in [0.15, 0.2) is 42.5 Å². The normalized spacial score (nSPS) is 11.2. The van der Waals surface area contributed by atoms with Crippen molar-refractivity contribution in [2.45, 2.75) is 32.8 Å². The van der Waals surface area contributed by atoms with Crippen LogP contribution in [-0.4, -0.2) is 12.0 Å². The maximum atomic E-state index is 5.84. The Bertz CT molecular complexity index is 573. The summed E-state index contributed by atoms with van der Waals surface area (Å²) in [5, 5.41) is 3.03. The number of nitrogens with zero attached hydrogens (tertiary/aromatic N) is 1. The van der Waals surface area contributed by atoms with Crippen molar-refractivity contribution in [3.63, 3.8) is 0 Å². The maximum Gasteiger partial charge on any atom is 0.130 e. The zero-order valence-electron chi connectivity index (χ0n) is 12.6. The first kappa shape index (κ1) is 14.4. The van der Waals surface area contributed by atoms with Gasteiger partial charge in [-0.3, -0.25) is 0 Å². The Labute approximate surface area is 121 Å². The topological polar surface area (TPSA) is 34.1 Å².